The minimum atomic E-state index is -1.35. The molecule has 0 aliphatic carbocycles. The Bertz CT molecular complexity index is 1630. The van der Waals surface area contributed by atoms with Crippen molar-refractivity contribution in [2.45, 2.75) is 59.2 Å². The number of ether oxygens (including phenoxy) is 2. The summed E-state index contributed by atoms with van der Waals surface area (Å²) in [5.74, 6) is -1.12. The summed E-state index contributed by atoms with van der Waals surface area (Å²) < 4.78 is 35.0. The summed E-state index contributed by atoms with van der Waals surface area (Å²) in [6, 6.07) is 3.59. The number of nitrogens with zero attached hydrogens (tertiary/aromatic N) is 5. The maximum absolute atomic E-state index is 15.6. The third-order valence-corrected chi connectivity index (χ3v) is 7.08. The number of carbonyl (C=O) groups is 1. The molecule has 11 heteroatoms. The van der Waals surface area contributed by atoms with Crippen LogP contribution in [0.2, 0.25) is 0 Å². The molecule has 1 N–H and O–H groups in total. The summed E-state index contributed by atoms with van der Waals surface area (Å²) >= 11 is 0. The normalized spacial score (nSPS) is 14.2. The minimum Gasteiger partial charge on any atom is -0.490 e. The molecule has 1 aliphatic heterocycles. The fourth-order valence-corrected chi connectivity index (χ4v) is 5.28. The molecule has 0 spiro atoms. The predicted octanol–water partition coefficient (Wildman–Crippen LogP) is 5.38. The number of aliphatic carboxylic acids is 1. The molecule has 0 fully saturated rings. The second kappa shape index (κ2) is 9.88. The molecule has 1 atom stereocenters. The van der Waals surface area contributed by atoms with Crippen molar-refractivity contribution in [2.75, 3.05) is 25.6 Å². The van der Waals surface area contributed by atoms with Crippen molar-refractivity contribution in [1.82, 2.24) is 19.7 Å². The predicted molar refractivity (Wildman–Crippen MR) is 148 cm³/mol. The summed E-state index contributed by atoms with van der Waals surface area (Å²) in [6.45, 7) is 9.50. The highest BCUT2D eigenvalue weighted by atomic mass is 19.1. The van der Waals surface area contributed by atoms with E-state index < -0.39 is 23.5 Å². The Morgan fingerprint density at radius 3 is 2.58 bits per heavy atom. The van der Waals surface area contributed by atoms with E-state index >= 15 is 4.39 Å². The number of aromatic nitrogens is 4. The molecule has 0 saturated carbocycles. The number of rotatable bonds is 6. The third kappa shape index (κ3) is 4.68. The van der Waals surface area contributed by atoms with Crippen molar-refractivity contribution in [3.05, 3.63) is 40.3 Å². The molecule has 3 aromatic heterocycles. The third-order valence-electron chi connectivity index (χ3n) is 7.08. The van der Waals surface area contributed by atoms with Gasteiger partial charge >= 0.3 is 12.0 Å². The summed E-state index contributed by atoms with van der Waals surface area (Å²) in [7, 11) is 5.42. The number of fused-ring (bicyclic) bond motifs is 2. The zero-order chi connectivity index (χ0) is 29.1. The Hall–Kier alpha value is -3.99. The number of halogens is 1. The second-order valence-electron chi connectivity index (χ2n) is 11.3. The Morgan fingerprint density at radius 1 is 1.23 bits per heavy atom. The van der Waals surface area contributed by atoms with E-state index in [0.29, 0.717) is 58.2 Å². The highest BCUT2D eigenvalue weighted by Gasteiger charge is 2.34. The van der Waals surface area contributed by atoms with E-state index in [2.05, 4.69) is 10.2 Å². The molecule has 0 amide bonds. The van der Waals surface area contributed by atoms with Gasteiger partial charge in [-0.05, 0) is 70.7 Å². The number of hydrogen-bond acceptors (Lipinski definition) is 8. The number of hydrogen-bond donors (Lipinski definition) is 1. The van der Waals surface area contributed by atoms with Gasteiger partial charge in [-0.25, -0.2) is 14.2 Å². The van der Waals surface area contributed by atoms with Crippen LogP contribution in [0.25, 0.3) is 33.7 Å². The van der Waals surface area contributed by atoms with Crippen LogP contribution in [0.1, 0.15) is 55.7 Å². The Labute approximate surface area is 231 Å². The van der Waals surface area contributed by atoms with Gasteiger partial charge in [-0.2, -0.15) is 0 Å². The van der Waals surface area contributed by atoms with Crippen LogP contribution < -0.4 is 9.64 Å². The lowest BCUT2D eigenvalue weighted by atomic mass is 9.86. The van der Waals surface area contributed by atoms with E-state index in [4.69, 9.17) is 18.9 Å². The van der Waals surface area contributed by atoms with Crippen molar-refractivity contribution in [3.8, 4) is 28.5 Å². The van der Waals surface area contributed by atoms with E-state index in [9.17, 15) is 9.90 Å². The summed E-state index contributed by atoms with van der Waals surface area (Å²) in [4.78, 5) is 19.2. The van der Waals surface area contributed by atoms with Crippen molar-refractivity contribution < 1.29 is 28.2 Å². The van der Waals surface area contributed by atoms with Crippen LogP contribution >= 0.6 is 0 Å². The molecule has 212 valence electrons. The second-order valence-corrected chi connectivity index (χ2v) is 11.3. The molecule has 4 heterocycles. The van der Waals surface area contributed by atoms with E-state index in [-0.39, 0.29) is 11.6 Å². The first-order valence-corrected chi connectivity index (χ1v) is 13.2. The van der Waals surface area contributed by atoms with Crippen molar-refractivity contribution >= 4 is 23.0 Å². The lowest BCUT2D eigenvalue weighted by molar-refractivity contribution is -0.160. The number of aryl methyl sites for hydroxylation is 2. The Morgan fingerprint density at radius 2 is 1.95 bits per heavy atom. The molecular weight excluding hydrogens is 517 g/mol. The van der Waals surface area contributed by atoms with Gasteiger partial charge in [0.05, 0.1) is 12.2 Å². The number of anilines is 1. The van der Waals surface area contributed by atoms with Crippen LogP contribution in [-0.4, -0.2) is 57.1 Å². The SMILES string of the molecule is Cc1nc2c(cc(-c3nnc(N(C)C)o3)n2C)c(-c2cc(F)c3c(c2C)CCCO3)c1[C@H](OC(C)(C)C)C(=O)O. The minimum absolute atomic E-state index is 0.257. The van der Waals surface area contributed by atoms with E-state index in [1.54, 1.807) is 46.7 Å². The number of benzene rings is 1. The van der Waals surface area contributed by atoms with Crippen molar-refractivity contribution in [1.29, 1.82) is 0 Å². The molecule has 5 rings (SSSR count). The van der Waals surface area contributed by atoms with Crippen LogP contribution in [0.15, 0.2) is 16.5 Å². The van der Waals surface area contributed by atoms with Gasteiger partial charge in [-0.3, -0.25) is 0 Å². The van der Waals surface area contributed by atoms with Gasteiger partial charge in [0.2, 0.25) is 0 Å². The quantitative estimate of drug-likeness (QED) is 0.337. The molecule has 0 bridgehead atoms. The topological polar surface area (TPSA) is 116 Å². The van der Waals surface area contributed by atoms with Crippen LogP contribution in [-0.2, 0) is 23.0 Å². The van der Waals surface area contributed by atoms with Crippen LogP contribution in [0.3, 0.4) is 0 Å². The lowest BCUT2D eigenvalue weighted by Crippen LogP contribution is -2.28. The first-order valence-electron chi connectivity index (χ1n) is 13.2. The van der Waals surface area contributed by atoms with Crippen molar-refractivity contribution in [3.63, 3.8) is 0 Å². The van der Waals surface area contributed by atoms with E-state index in [1.807, 2.05) is 24.6 Å². The largest absolute Gasteiger partial charge is 0.490 e. The fraction of sp³-hybridized carbons (Fsp3) is 0.448. The van der Waals surface area contributed by atoms with Gasteiger partial charge < -0.3 is 28.5 Å². The van der Waals surface area contributed by atoms with E-state index in [0.717, 1.165) is 17.5 Å². The van der Waals surface area contributed by atoms with Crippen LogP contribution in [0.5, 0.6) is 5.75 Å². The first-order chi connectivity index (χ1) is 18.8. The molecule has 0 radical (unpaired) electrons. The van der Waals surface area contributed by atoms with Gasteiger partial charge in [0, 0.05) is 48.9 Å². The molecular formula is C29H34FN5O5. The van der Waals surface area contributed by atoms with Gasteiger partial charge in [0.25, 0.3) is 5.89 Å². The maximum Gasteiger partial charge on any atom is 0.337 e. The van der Waals surface area contributed by atoms with Crippen LogP contribution in [0.4, 0.5) is 10.4 Å². The van der Waals surface area contributed by atoms with E-state index in [1.165, 1.54) is 6.07 Å². The summed E-state index contributed by atoms with van der Waals surface area (Å²) in [5.41, 5.74) is 3.90. The first kappa shape index (κ1) is 27.6. The number of carboxylic acids is 1. The summed E-state index contributed by atoms with van der Waals surface area (Å²) in [5, 5.41) is 19.3. The molecule has 0 saturated heterocycles. The average Bonchev–Trinajstić information content (AvgIpc) is 3.49. The standard InChI is InChI=1S/C29H34FN5O5/c1-14-16-10-9-11-38-23(16)19(30)12-17(14)22-18-13-20(26-32-33-28(39-26)34(6)7)35(8)25(18)31-15(2)21(22)24(27(36)37)40-29(3,4)5/h12-13,24H,9-11H2,1-8H3,(H,36,37)/t24-/m0/s1. The smallest absolute Gasteiger partial charge is 0.337 e. The zero-order valence-corrected chi connectivity index (χ0v) is 24.0. The highest BCUT2D eigenvalue weighted by molar-refractivity contribution is 6.01. The molecule has 4 aromatic rings. The molecule has 40 heavy (non-hydrogen) atoms. The monoisotopic (exact) mass is 551 g/mol. The van der Waals surface area contributed by atoms with Gasteiger partial charge in [0.15, 0.2) is 17.7 Å². The molecule has 10 nitrogen and oxygen atoms in total. The van der Waals surface area contributed by atoms with Crippen molar-refractivity contribution in [2.24, 2.45) is 7.05 Å². The maximum atomic E-state index is 15.6. The number of pyridine rings is 1. The zero-order valence-electron chi connectivity index (χ0n) is 24.0. The van der Waals surface area contributed by atoms with Gasteiger partial charge in [0.1, 0.15) is 11.3 Å². The molecule has 0 unspecified atom stereocenters. The van der Waals surface area contributed by atoms with Crippen LogP contribution in [0, 0.1) is 19.7 Å². The highest BCUT2D eigenvalue weighted by Crippen LogP contribution is 2.45. The fourth-order valence-electron chi connectivity index (χ4n) is 5.28. The molecule has 1 aliphatic rings. The average molecular weight is 552 g/mol. The molecule has 1 aromatic carbocycles. The van der Waals surface area contributed by atoms with Gasteiger partial charge in [-0.1, -0.05) is 5.10 Å². The Kier molecular flexibility index (Phi) is 6.81. The Balaban J connectivity index is 1.88. The number of carboxylic acid groups (broad SMARTS) is 1. The van der Waals surface area contributed by atoms with Gasteiger partial charge in [-0.15, -0.1) is 5.10 Å². The lowest BCUT2D eigenvalue weighted by Gasteiger charge is -2.29. The summed E-state index contributed by atoms with van der Waals surface area (Å²) in [6.07, 6.45) is 0.0687.